The zero-order valence-corrected chi connectivity index (χ0v) is 11.2. The van der Waals surface area contributed by atoms with E-state index in [1.54, 1.807) is 0 Å². The Morgan fingerprint density at radius 1 is 1.47 bits per heavy atom. The van der Waals surface area contributed by atoms with E-state index in [2.05, 4.69) is 15.2 Å². The summed E-state index contributed by atoms with van der Waals surface area (Å²) in [6.45, 7) is 2.50. The number of carbonyl (C=O) groups excluding carboxylic acids is 1. The topological polar surface area (TPSA) is 93.9 Å². The second-order valence-corrected chi connectivity index (χ2v) is 4.59. The standard InChI is InChI=1S/C12H14N4O2S/c1-2-18-9-6-4-3-5-8(9)11-14-12(16-15-11)19-7-10(13)17/h3-6H,2,7H2,1H3,(H2,13,17)(H,14,15,16). The first-order valence-electron chi connectivity index (χ1n) is 5.76. The number of ether oxygens (including phenoxy) is 1. The van der Waals surface area contributed by atoms with Crippen molar-refractivity contribution in [2.75, 3.05) is 12.4 Å². The van der Waals surface area contributed by atoms with Crippen LogP contribution in [-0.4, -0.2) is 33.4 Å². The molecule has 6 nitrogen and oxygen atoms in total. The van der Waals surface area contributed by atoms with Crippen molar-refractivity contribution >= 4 is 17.7 Å². The average molecular weight is 278 g/mol. The lowest BCUT2D eigenvalue weighted by atomic mass is 10.2. The molecule has 1 heterocycles. The molecule has 1 aromatic carbocycles. The van der Waals surface area contributed by atoms with Crippen molar-refractivity contribution in [2.24, 2.45) is 5.73 Å². The summed E-state index contributed by atoms with van der Waals surface area (Å²) in [6, 6.07) is 7.57. The molecule has 3 N–H and O–H groups in total. The van der Waals surface area contributed by atoms with Gasteiger partial charge in [-0.3, -0.25) is 9.89 Å². The molecule has 7 heteroatoms. The van der Waals surface area contributed by atoms with Gasteiger partial charge >= 0.3 is 0 Å². The molecule has 19 heavy (non-hydrogen) atoms. The first kappa shape index (κ1) is 13.4. The molecule has 0 saturated heterocycles. The molecule has 2 aromatic rings. The number of hydrogen-bond acceptors (Lipinski definition) is 5. The summed E-state index contributed by atoms with van der Waals surface area (Å²) >= 11 is 1.19. The van der Waals surface area contributed by atoms with Crippen LogP contribution in [-0.2, 0) is 4.79 Å². The summed E-state index contributed by atoms with van der Waals surface area (Å²) in [5, 5.41) is 7.35. The number of thioether (sulfide) groups is 1. The van der Waals surface area contributed by atoms with E-state index in [9.17, 15) is 4.79 Å². The van der Waals surface area contributed by atoms with Gasteiger partial charge in [0.2, 0.25) is 11.1 Å². The second-order valence-electron chi connectivity index (χ2n) is 3.65. The van der Waals surface area contributed by atoms with Gasteiger partial charge in [-0.05, 0) is 19.1 Å². The van der Waals surface area contributed by atoms with Crippen LogP contribution >= 0.6 is 11.8 Å². The lowest BCUT2D eigenvalue weighted by Crippen LogP contribution is -2.13. The number of aromatic nitrogens is 3. The highest BCUT2D eigenvalue weighted by Gasteiger charge is 2.11. The predicted molar refractivity (Wildman–Crippen MR) is 72.9 cm³/mol. The molecule has 2 rings (SSSR count). The molecule has 0 radical (unpaired) electrons. The molecule has 0 saturated carbocycles. The summed E-state index contributed by atoms with van der Waals surface area (Å²) in [6.07, 6.45) is 0. The van der Waals surface area contributed by atoms with E-state index < -0.39 is 5.91 Å². The highest BCUT2D eigenvalue weighted by molar-refractivity contribution is 7.99. The summed E-state index contributed by atoms with van der Waals surface area (Å²) in [5.41, 5.74) is 5.91. The lowest BCUT2D eigenvalue weighted by molar-refractivity contribution is -0.115. The fourth-order valence-electron chi connectivity index (χ4n) is 1.51. The minimum atomic E-state index is -0.397. The summed E-state index contributed by atoms with van der Waals surface area (Å²) in [7, 11) is 0. The van der Waals surface area contributed by atoms with Gasteiger partial charge in [0.25, 0.3) is 0 Å². The molecule has 0 spiro atoms. The molecule has 0 unspecified atom stereocenters. The van der Waals surface area contributed by atoms with Crippen LogP contribution in [0.2, 0.25) is 0 Å². The molecule has 100 valence electrons. The Morgan fingerprint density at radius 2 is 2.26 bits per heavy atom. The molecule has 1 amide bonds. The number of aromatic amines is 1. The Hall–Kier alpha value is -2.02. The molecule has 0 bridgehead atoms. The van der Waals surface area contributed by atoms with Crippen molar-refractivity contribution in [3.63, 3.8) is 0 Å². The number of hydrogen-bond donors (Lipinski definition) is 2. The van der Waals surface area contributed by atoms with Gasteiger partial charge in [-0.25, -0.2) is 4.98 Å². The van der Waals surface area contributed by atoms with E-state index in [4.69, 9.17) is 10.5 Å². The predicted octanol–water partition coefficient (Wildman–Crippen LogP) is 1.45. The third-order valence-corrected chi connectivity index (χ3v) is 3.12. The summed E-state index contributed by atoms with van der Waals surface area (Å²) in [5.74, 6) is 1.11. The van der Waals surface area contributed by atoms with Crippen LogP contribution in [0.15, 0.2) is 29.4 Å². The van der Waals surface area contributed by atoms with E-state index in [1.165, 1.54) is 11.8 Å². The Morgan fingerprint density at radius 3 is 3.00 bits per heavy atom. The van der Waals surface area contributed by atoms with Crippen LogP contribution in [0.5, 0.6) is 5.75 Å². The van der Waals surface area contributed by atoms with Gasteiger partial charge in [0.1, 0.15) is 5.75 Å². The van der Waals surface area contributed by atoms with Crippen LogP contribution in [0.1, 0.15) is 6.92 Å². The molecular formula is C12H14N4O2S. The van der Waals surface area contributed by atoms with Crippen molar-refractivity contribution in [1.29, 1.82) is 0 Å². The normalized spacial score (nSPS) is 10.4. The van der Waals surface area contributed by atoms with Gasteiger partial charge < -0.3 is 10.5 Å². The van der Waals surface area contributed by atoms with E-state index in [0.717, 1.165) is 11.3 Å². The lowest BCUT2D eigenvalue weighted by Gasteiger charge is -2.06. The fraction of sp³-hybridized carbons (Fsp3) is 0.250. The Balaban J connectivity index is 2.20. The number of nitrogens with zero attached hydrogens (tertiary/aromatic N) is 2. The molecular weight excluding hydrogens is 264 g/mol. The van der Waals surface area contributed by atoms with Crippen molar-refractivity contribution in [3.8, 4) is 17.1 Å². The van der Waals surface area contributed by atoms with Gasteiger partial charge in [-0.2, -0.15) is 0 Å². The number of primary amides is 1. The molecule has 1 aromatic heterocycles. The van der Waals surface area contributed by atoms with Gasteiger partial charge in [-0.15, -0.1) is 5.10 Å². The zero-order chi connectivity index (χ0) is 13.7. The third-order valence-electron chi connectivity index (χ3n) is 2.25. The quantitative estimate of drug-likeness (QED) is 0.780. The first-order chi connectivity index (χ1) is 9.20. The van der Waals surface area contributed by atoms with Gasteiger partial charge in [0.05, 0.1) is 17.9 Å². The Bertz CT molecular complexity index is 570. The van der Waals surface area contributed by atoms with Crippen molar-refractivity contribution < 1.29 is 9.53 Å². The highest BCUT2D eigenvalue weighted by Crippen LogP contribution is 2.28. The van der Waals surface area contributed by atoms with E-state index in [0.29, 0.717) is 17.6 Å². The highest BCUT2D eigenvalue weighted by atomic mass is 32.2. The minimum Gasteiger partial charge on any atom is -0.493 e. The largest absolute Gasteiger partial charge is 0.493 e. The van der Waals surface area contributed by atoms with Gasteiger partial charge in [-0.1, -0.05) is 23.9 Å². The number of amides is 1. The third kappa shape index (κ3) is 3.47. The van der Waals surface area contributed by atoms with Crippen LogP contribution in [0, 0.1) is 0 Å². The number of rotatable bonds is 6. The molecule has 0 aliphatic rings. The SMILES string of the molecule is CCOc1ccccc1-c1nc(SCC(N)=O)n[nH]1. The maximum atomic E-state index is 10.7. The van der Waals surface area contributed by atoms with E-state index >= 15 is 0 Å². The van der Waals surface area contributed by atoms with Crippen LogP contribution < -0.4 is 10.5 Å². The van der Waals surface area contributed by atoms with Crippen molar-refractivity contribution in [3.05, 3.63) is 24.3 Å². The first-order valence-corrected chi connectivity index (χ1v) is 6.75. The number of nitrogens with one attached hydrogen (secondary N) is 1. The summed E-state index contributed by atoms with van der Waals surface area (Å²) in [4.78, 5) is 15.0. The van der Waals surface area contributed by atoms with E-state index in [1.807, 2.05) is 31.2 Å². The molecule has 0 fully saturated rings. The molecule has 0 atom stereocenters. The fourth-order valence-corrected chi connectivity index (χ4v) is 2.05. The van der Waals surface area contributed by atoms with Crippen molar-refractivity contribution in [1.82, 2.24) is 15.2 Å². The number of para-hydroxylation sites is 1. The summed E-state index contributed by atoms with van der Waals surface area (Å²) < 4.78 is 5.53. The van der Waals surface area contributed by atoms with Crippen molar-refractivity contribution in [2.45, 2.75) is 12.1 Å². The maximum absolute atomic E-state index is 10.7. The smallest absolute Gasteiger partial charge is 0.227 e. The Labute approximate surface area is 114 Å². The maximum Gasteiger partial charge on any atom is 0.227 e. The molecule has 0 aliphatic carbocycles. The minimum absolute atomic E-state index is 0.157. The number of nitrogens with two attached hydrogens (primary N) is 1. The Kier molecular flexibility index (Phi) is 4.40. The van der Waals surface area contributed by atoms with Crippen LogP contribution in [0.25, 0.3) is 11.4 Å². The van der Waals surface area contributed by atoms with E-state index in [-0.39, 0.29) is 5.75 Å². The molecule has 0 aliphatic heterocycles. The zero-order valence-electron chi connectivity index (χ0n) is 10.4. The number of H-pyrrole nitrogens is 1. The number of benzene rings is 1. The second kappa shape index (κ2) is 6.24. The van der Waals surface area contributed by atoms with Crippen LogP contribution in [0.4, 0.5) is 0 Å². The monoisotopic (exact) mass is 278 g/mol. The van der Waals surface area contributed by atoms with Gasteiger partial charge in [0, 0.05) is 0 Å². The van der Waals surface area contributed by atoms with Crippen LogP contribution in [0.3, 0.4) is 0 Å². The number of carbonyl (C=O) groups is 1. The van der Waals surface area contributed by atoms with Gasteiger partial charge in [0.15, 0.2) is 5.82 Å². The average Bonchev–Trinajstić information content (AvgIpc) is 2.86.